The van der Waals surface area contributed by atoms with Crippen LogP contribution < -0.4 is 26.0 Å². The van der Waals surface area contributed by atoms with Crippen molar-refractivity contribution >= 4 is 41.0 Å². The number of nitrogens with one attached hydrogen (secondary N) is 4. The molecule has 1 aliphatic carbocycles. The van der Waals surface area contributed by atoms with E-state index in [9.17, 15) is 9.59 Å². The van der Waals surface area contributed by atoms with Crippen molar-refractivity contribution in [2.45, 2.75) is 25.8 Å². The number of carbonyl (C=O) groups is 2. The molecule has 0 unspecified atom stereocenters. The van der Waals surface area contributed by atoms with Gasteiger partial charge in [-0.05, 0) is 43.5 Å². The number of carbonyl (C=O) groups excluding carboxylic acids is 2. The summed E-state index contributed by atoms with van der Waals surface area (Å²) in [5.74, 6) is 1.59. The van der Waals surface area contributed by atoms with Gasteiger partial charge in [-0.1, -0.05) is 6.07 Å². The van der Waals surface area contributed by atoms with Crippen LogP contribution in [0.15, 0.2) is 36.2 Å². The zero-order valence-corrected chi connectivity index (χ0v) is 17.0. The fraction of sp³-hybridized carbons (Fsp3) is 0.238. The average Bonchev–Trinajstić information content (AvgIpc) is 3.37. The minimum Gasteiger partial charge on any atom is -0.495 e. The molecule has 10 heteroatoms. The molecule has 2 fully saturated rings. The maximum absolute atomic E-state index is 11.9. The van der Waals surface area contributed by atoms with Gasteiger partial charge in [0.05, 0.1) is 19.0 Å². The highest BCUT2D eigenvalue weighted by Gasteiger charge is 2.25. The van der Waals surface area contributed by atoms with Crippen molar-refractivity contribution in [3.63, 3.8) is 0 Å². The Labute approximate surface area is 177 Å². The SMILES string of the molecule is COc1ccc(C)cc1Nc1cc(NC2CC2)n2ncc(/C=C3\NC(=O)NC3=O)c2n1. The lowest BCUT2D eigenvalue weighted by atomic mass is 10.2. The zero-order chi connectivity index (χ0) is 21.5. The molecule has 1 saturated carbocycles. The Kier molecular flexibility index (Phi) is 4.46. The summed E-state index contributed by atoms with van der Waals surface area (Å²) >= 11 is 0. The number of ether oxygens (including phenoxy) is 1. The third-order valence-corrected chi connectivity index (χ3v) is 5.07. The topological polar surface area (TPSA) is 122 Å². The summed E-state index contributed by atoms with van der Waals surface area (Å²) in [6, 6.07) is 7.60. The van der Waals surface area contributed by atoms with E-state index in [1.807, 2.05) is 31.2 Å². The molecule has 31 heavy (non-hydrogen) atoms. The summed E-state index contributed by atoms with van der Waals surface area (Å²) in [6.45, 7) is 2.00. The van der Waals surface area contributed by atoms with Gasteiger partial charge in [0.25, 0.3) is 5.91 Å². The lowest BCUT2D eigenvalue weighted by molar-refractivity contribution is -0.115. The van der Waals surface area contributed by atoms with Crippen molar-refractivity contribution in [1.82, 2.24) is 25.2 Å². The van der Waals surface area contributed by atoms with E-state index in [-0.39, 0.29) is 5.70 Å². The van der Waals surface area contributed by atoms with Gasteiger partial charge in [-0.3, -0.25) is 10.1 Å². The maximum atomic E-state index is 11.9. The van der Waals surface area contributed by atoms with Gasteiger partial charge < -0.3 is 20.7 Å². The molecule has 0 bridgehead atoms. The number of anilines is 3. The number of rotatable bonds is 6. The van der Waals surface area contributed by atoms with Crippen LogP contribution in [-0.2, 0) is 4.79 Å². The number of methoxy groups -OCH3 is 1. The smallest absolute Gasteiger partial charge is 0.326 e. The lowest BCUT2D eigenvalue weighted by Crippen LogP contribution is -2.22. The van der Waals surface area contributed by atoms with Crippen LogP contribution in [0.3, 0.4) is 0 Å². The zero-order valence-electron chi connectivity index (χ0n) is 17.0. The van der Waals surface area contributed by atoms with E-state index < -0.39 is 11.9 Å². The predicted molar refractivity (Wildman–Crippen MR) is 115 cm³/mol. The van der Waals surface area contributed by atoms with Crippen molar-refractivity contribution in [3.8, 4) is 5.75 Å². The van der Waals surface area contributed by atoms with Crippen LogP contribution in [0.4, 0.5) is 22.1 Å². The normalized spacial score (nSPS) is 17.0. The molecule has 0 radical (unpaired) electrons. The Balaban J connectivity index is 1.59. The Hall–Kier alpha value is -4.08. The van der Waals surface area contributed by atoms with Crippen molar-refractivity contribution in [3.05, 3.63) is 47.3 Å². The lowest BCUT2D eigenvalue weighted by Gasteiger charge is -2.14. The number of fused-ring (bicyclic) bond motifs is 1. The predicted octanol–water partition coefficient (Wildman–Crippen LogP) is 2.54. The van der Waals surface area contributed by atoms with Crippen LogP contribution in [0.5, 0.6) is 5.75 Å². The van der Waals surface area contributed by atoms with E-state index in [0.717, 1.165) is 29.9 Å². The van der Waals surface area contributed by atoms with Gasteiger partial charge in [-0.15, -0.1) is 0 Å². The molecular weight excluding hydrogens is 398 g/mol. The Morgan fingerprint density at radius 2 is 2.06 bits per heavy atom. The van der Waals surface area contributed by atoms with E-state index in [2.05, 4.69) is 26.4 Å². The molecule has 0 spiro atoms. The van der Waals surface area contributed by atoms with Crippen LogP contribution in [0, 0.1) is 6.92 Å². The van der Waals surface area contributed by atoms with E-state index >= 15 is 0 Å². The van der Waals surface area contributed by atoms with E-state index in [0.29, 0.717) is 28.8 Å². The van der Waals surface area contributed by atoms with Crippen LogP contribution in [0.25, 0.3) is 11.7 Å². The Morgan fingerprint density at radius 3 is 2.77 bits per heavy atom. The van der Waals surface area contributed by atoms with Gasteiger partial charge in [0.2, 0.25) is 0 Å². The number of hydrogen-bond acceptors (Lipinski definition) is 7. The van der Waals surface area contributed by atoms with Gasteiger partial charge in [0.15, 0.2) is 5.65 Å². The summed E-state index contributed by atoms with van der Waals surface area (Å²) in [5, 5.41) is 15.9. The Bertz CT molecular complexity index is 1240. The molecule has 3 amide bonds. The molecule has 2 aromatic heterocycles. The van der Waals surface area contributed by atoms with Gasteiger partial charge >= 0.3 is 6.03 Å². The molecule has 1 aliphatic heterocycles. The van der Waals surface area contributed by atoms with Crippen molar-refractivity contribution < 1.29 is 14.3 Å². The first kappa shape index (κ1) is 18.9. The molecule has 4 N–H and O–H groups in total. The highest BCUT2D eigenvalue weighted by Crippen LogP contribution is 2.31. The molecule has 2 aliphatic rings. The number of benzene rings is 1. The van der Waals surface area contributed by atoms with Crippen LogP contribution in [0.1, 0.15) is 24.0 Å². The standard InChI is InChI=1S/C21H21N7O3/c1-11-3-6-16(31-2)14(7-11)24-17-9-18(23-13-4-5-13)28-19(26-17)12(10-22-28)8-15-20(29)27-21(30)25-15/h3,6-10,13,23H,4-5H2,1-2H3,(H,24,26)(H2,25,27,29,30)/b15-8-. The highest BCUT2D eigenvalue weighted by molar-refractivity contribution is 6.14. The molecule has 158 valence electrons. The minimum atomic E-state index is -0.550. The molecular formula is C21H21N7O3. The van der Waals surface area contributed by atoms with E-state index in [4.69, 9.17) is 9.72 Å². The molecule has 3 heterocycles. The number of amides is 3. The summed E-state index contributed by atoms with van der Waals surface area (Å²) in [6.07, 6.45) is 5.38. The van der Waals surface area contributed by atoms with Gasteiger partial charge in [0, 0.05) is 17.7 Å². The molecule has 0 atom stereocenters. The van der Waals surface area contributed by atoms with Crippen molar-refractivity contribution in [2.24, 2.45) is 0 Å². The van der Waals surface area contributed by atoms with Gasteiger partial charge in [-0.2, -0.15) is 9.61 Å². The molecule has 1 aromatic carbocycles. The molecule has 1 saturated heterocycles. The van der Waals surface area contributed by atoms with Crippen LogP contribution in [-0.4, -0.2) is 39.7 Å². The number of aryl methyl sites for hydroxylation is 1. The number of imide groups is 1. The van der Waals surface area contributed by atoms with Crippen molar-refractivity contribution in [1.29, 1.82) is 0 Å². The fourth-order valence-corrected chi connectivity index (χ4v) is 3.38. The number of nitrogens with zero attached hydrogens (tertiary/aromatic N) is 3. The maximum Gasteiger partial charge on any atom is 0.326 e. The van der Waals surface area contributed by atoms with E-state index in [1.54, 1.807) is 23.9 Å². The second kappa shape index (κ2) is 7.31. The van der Waals surface area contributed by atoms with E-state index in [1.165, 1.54) is 0 Å². The first-order valence-corrected chi connectivity index (χ1v) is 9.91. The highest BCUT2D eigenvalue weighted by atomic mass is 16.5. The number of hydrogen-bond donors (Lipinski definition) is 4. The minimum absolute atomic E-state index is 0.150. The fourth-order valence-electron chi connectivity index (χ4n) is 3.38. The third kappa shape index (κ3) is 3.75. The number of aromatic nitrogens is 3. The summed E-state index contributed by atoms with van der Waals surface area (Å²) in [4.78, 5) is 28.1. The second-order valence-electron chi connectivity index (χ2n) is 7.58. The summed E-state index contributed by atoms with van der Waals surface area (Å²) in [5.41, 5.74) is 3.17. The average molecular weight is 419 g/mol. The molecule has 10 nitrogen and oxygen atoms in total. The van der Waals surface area contributed by atoms with Gasteiger partial charge in [-0.25, -0.2) is 9.78 Å². The quantitative estimate of drug-likeness (QED) is 0.358. The number of urea groups is 1. The molecule has 3 aromatic rings. The Morgan fingerprint density at radius 1 is 1.23 bits per heavy atom. The summed E-state index contributed by atoms with van der Waals surface area (Å²) in [7, 11) is 1.62. The van der Waals surface area contributed by atoms with Crippen molar-refractivity contribution in [2.75, 3.05) is 17.7 Å². The molecule has 5 rings (SSSR count). The first-order chi connectivity index (χ1) is 15.0. The largest absolute Gasteiger partial charge is 0.495 e. The summed E-state index contributed by atoms with van der Waals surface area (Å²) < 4.78 is 7.16. The third-order valence-electron chi connectivity index (χ3n) is 5.07. The van der Waals surface area contributed by atoms with Crippen LogP contribution >= 0.6 is 0 Å². The van der Waals surface area contributed by atoms with Crippen LogP contribution in [0.2, 0.25) is 0 Å². The second-order valence-corrected chi connectivity index (χ2v) is 7.58. The monoisotopic (exact) mass is 419 g/mol. The van der Waals surface area contributed by atoms with Gasteiger partial charge in [0.1, 0.15) is 23.1 Å². The first-order valence-electron chi connectivity index (χ1n) is 9.91.